The number of nitrogens with one attached hydrogen (secondary N) is 1. The molecule has 1 saturated carbocycles. The van der Waals surface area contributed by atoms with Gasteiger partial charge in [0.15, 0.2) is 0 Å². The van der Waals surface area contributed by atoms with Gasteiger partial charge in [0.2, 0.25) is 0 Å². The van der Waals surface area contributed by atoms with Crippen LogP contribution in [-0.4, -0.2) is 12.1 Å². The van der Waals surface area contributed by atoms with Crippen molar-refractivity contribution in [2.24, 2.45) is 5.92 Å². The van der Waals surface area contributed by atoms with E-state index in [4.69, 9.17) is 5.26 Å². The van der Waals surface area contributed by atoms with Crippen molar-refractivity contribution in [1.82, 2.24) is 5.32 Å². The van der Waals surface area contributed by atoms with Crippen LogP contribution < -0.4 is 5.32 Å². The summed E-state index contributed by atoms with van der Waals surface area (Å²) >= 11 is 0. The molecule has 1 aliphatic rings. The van der Waals surface area contributed by atoms with Gasteiger partial charge in [0.1, 0.15) is 0 Å². The van der Waals surface area contributed by atoms with E-state index in [9.17, 15) is 0 Å². The monoisotopic (exact) mass is 180 g/mol. The number of nitriles is 1. The van der Waals surface area contributed by atoms with E-state index in [1.807, 2.05) is 6.92 Å². The number of hydrogen-bond donors (Lipinski definition) is 1. The van der Waals surface area contributed by atoms with Gasteiger partial charge < -0.3 is 0 Å². The van der Waals surface area contributed by atoms with Gasteiger partial charge in [-0.15, -0.1) is 0 Å². The highest BCUT2D eigenvalue weighted by Gasteiger charge is 2.20. The summed E-state index contributed by atoms with van der Waals surface area (Å²) in [6.07, 6.45) is 6.60. The Morgan fingerprint density at radius 3 is 2.69 bits per heavy atom. The molecule has 0 aromatic rings. The van der Waals surface area contributed by atoms with Gasteiger partial charge in [-0.1, -0.05) is 26.2 Å². The van der Waals surface area contributed by atoms with Crippen molar-refractivity contribution in [3.63, 3.8) is 0 Å². The fourth-order valence-electron chi connectivity index (χ4n) is 2.10. The second-order valence-electron chi connectivity index (χ2n) is 4.24. The molecule has 13 heavy (non-hydrogen) atoms. The summed E-state index contributed by atoms with van der Waals surface area (Å²) in [5.74, 6) is 0.735. The molecular formula is C11H20N2. The Morgan fingerprint density at radius 1 is 1.31 bits per heavy atom. The molecule has 0 bridgehead atoms. The van der Waals surface area contributed by atoms with Crippen molar-refractivity contribution in [1.29, 1.82) is 5.26 Å². The minimum Gasteiger partial charge on any atom is -0.299 e. The summed E-state index contributed by atoms with van der Waals surface area (Å²) in [6.45, 7) is 4.24. The molecule has 0 heterocycles. The van der Waals surface area contributed by atoms with Crippen molar-refractivity contribution in [2.75, 3.05) is 0 Å². The Bertz CT molecular complexity index is 183. The first kappa shape index (κ1) is 10.5. The fourth-order valence-corrected chi connectivity index (χ4v) is 2.10. The van der Waals surface area contributed by atoms with Crippen LogP contribution in [0.2, 0.25) is 0 Å². The minimum atomic E-state index is 0.00514. The standard InChI is InChI=1S/C11H20N2/c1-9-6-4-3-5-7-11(9)13-10(2)8-12/h9-11,13H,3-7H2,1-2H3. The number of nitrogens with zero attached hydrogens (tertiary/aromatic N) is 1. The first-order chi connectivity index (χ1) is 6.24. The molecule has 0 aromatic heterocycles. The van der Waals surface area contributed by atoms with Crippen LogP contribution >= 0.6 is 0 Å². The van der Waals surface area contributed by atoms with Crippen molar-refractivity contribution in [3.05, 3.63) is 0 Å². The second kappa shape index (κ2) is 5.24. The average molecular weight is 180 g/mol. The van der Waals surface area contributed by atoms with Crippen LogP contribution in [0.25, 0.3) is 0 Å². The Labute approximate surface area is 81.3 Å². The van der Waals surface area contributed by atoms with Crippen molar-refractivity contribution in [3.8, 4) is 6.07 Å². The third kappa shape index (κ3) is 3.36. The number of rotatable bonds is 2. The SMILES string of the molecule is CC(C#N)NC1CCCCCC1C. The van der Waals surface area contributed by atoms with Gasteiger partial charge in [0.05, 0.1) is 12.1 Å². The van der Waals surface area contributed by atoms with Gasteiger partial charge >= 0.3 is 0 Å². The fraction of sp³-hybridized carbons (Fsp3) is 0.909. The van der Waals surface area contributed by atoms with Gasteiger partial charge in [-0.2, -0.15) is 5.26 Å². The lowest BCUT2D eigenvalue weighted by molar-refractivity contribution is 0.347. The Morgan fingerprint density at radius 2 is 2.00 bits per heavy atom. The van der Waals surface area contributed by atoms with Crippen LogP contribution in [0.3, 0.4) is 0 Å². The van der Waals surface area contributed by atoms with Gasteiger partial charge in [0, 0.05) is 6.04 Å². The summed E-state index contributed by atoms with van der Waals surface area (Å²) in [4.78, 5) is 0. The molecular weight excluding hydrogens is 160 g/mol. The lowest BCUT2D eigenvalue weighted by Gasteiger charge is -2.23. The van der Waals surface area contributed by atoms with Crippen LogP contribution in [0.1, 0.15) is 46.0 Å². The second-order valence-corrected chi connectivity index (χ2v) is 4.24. The molecule has 3 atom stereocenters. The molecule has 0 saturated heterocycles. The van der Waals surface area contributed by atoms with Crippen molar-refractivity contribution in [2.45, 2.75) is 58.0 Å². The first-order valence-corrected chi connectivity index (χ1v) is 5.39. The Balaban J connectivity index is 2.41. The zero-order valence-electron chi connectivity index (χ0n) is 8.71. The topological polar surface area (TPSA) is 35.8 Å². The molecule has 0 amide bonds. The highest BCUT2D eigenvalue weighted by Crippen LogP contribution is 2.23. The molecule has 1 fully saturated rings. The molecule has 0 radical (unpaired) electrons. The smallest absolute Gasteiger partial charge is 0.0926 e. The van der Waals surface area contributed by atoms with E-state index in [-0.39, 0.29) is 6.04 Å². The van der Waals surface area contributed by atoms with Gasteiger partial charge in [-0.05, 0) is 25.7 Å². The summed E-state index contributed by atoms with van der Waals surface area (Å²) in [5.41, 5.74) is 0. The molecule has 1 N–H and O–H groups in total. The van der Waals surface area contributed by atoms with E-state index in [0.29, 0.717) is 6.04 Å². The van der Waals surface area contributed by atoms with E-state index < -0.39 is 0 Å². The summed E-state index contributed by atoms with van der Waals surface area (Å²) in [6, 6.07) is 2.81. The van der Waals surface area contributed by atoms with Crippen LogP contribution in [-0.2, 0) is 0 Å². The molecule has 74 valence electrons. The van der Waals surface area contributed by atoms with Crippen LogP contribution in [0.4, 0.5) is 0 Å². The summed E-state index contributed by atoms with van der Waals surface area (Å²) in [5, 5.41) is 12.1. The molecule has 3 unspecified atom stereocenters. The highest BCUT2D eigenvalue weighted by molar-refractivity contribution is 4.90. The molecule has 1 rings (SSSR count). The van der Waals surface area contributed by atoms with Crippen LogP contribution in [0.5, 0.6) is 0 Å². The van der Waals surface area contributed by atoms with E-state index in [0.717, 1.165) is 5.92 Å². The van der Waals surface area contributed by atoms with E-state index >= 15 is 0 Å². The predicted octanol–water partition coefficient (Wildman–Crippen LogP) is 2.46. The molecule has 2 nitrogen and oxygen atoms in total. The minimum absolute atomic E-state index is 0.00514. The largest absolute Gasteiger partial charge is 0.299 e. The van der Waals surface area contributed by atoms with Crippen molar-refractivity contribution < 1.29 is 0 Å². The third-order valence-corrected chi connectivity index (χ3v) is 3.02. The maximum absolute atomic E-state index is 8.71. The first-order valence-electron chi connectivity index (χ1n) is 5.39. The zero-order valence-corrected chi connectivity index (χ0v) is 8.71. The van der Waals surface area contributed by atoms with Gasteiger partial charge in [0.25, 0.3) is 0 Å². The predicted molar refractivity (Wildman–Crippen MR) is 54.2 cm³/mol. The lowest BCUT2D eigenvalue weighted by Crippen LogP contribution is -2.39. The third-order valence-electron chi connectivity index (χ3n) is 3.02. The summed E-state index contributed by atoms with van der Waals surface area (Å²) in [7, 11) is 0. The quantitative estimate of drug-likeness (QED) is 0.663. The normalized spacial score (nSPS) is 31.8. The van der Waals surface area contributed by atoms with Gasteiger partial charge in [-0.3, -0.25) is 5.32 Å². The Hall–Kier alpha value is -0.550. The van der Waals surface area contributed by atoms with Gasteiger partial charge in [-0.25, -0.2) is 0 Å². The maximum Gasteiger partial charge on any atom is 0.0926 e. The molecule has 0 spiro atoms. The average Bonchev–Trinajstić information content (AvgIpc) is 2.32. The molecule has 1 aliphatic carbocycles. The highest BCUT2D eigenvalue weighted by atomic mass is 14.9. The van der Waals surface area contributed by atoms with Crippen LogP contribution in [0, 0.1) is 17.2 Å². The maximum atomic E-state index is 8.71. The Kier molecular flexibility index (Phi) is 4.24. The summed E-state index contributed by atoms with van der Waals surface area (Å²) < 4.78 is 0. The van der Waals surface area contributed by atoms with E-state index in [2.05, 4.69) is 18.3 Å². The number of hydrogen-bond acceptors (Lipinski definition) is 2. The van der Waals surface area contributed by atoms with Crippen LogP contribution in [0.15, 0.2) is 0 Å². The lowest BCUT2D eigenvalue weighted by atomic mass is 9.96. The van der Waals surface area contributed by atoms with E-state index in [1.165, 1.54) is 32.1 Å². The zero-order chi connectivity index (χ0) is 9.68. The van der Waals surface area contributed by atoms with Crippen molar-refractivity contribution >= 4 is 0 Å². The molecule has 0 aromatic carbocycles. The van der Waals surface area contributed by atoms with E-state index in [1.54, 1.807) is 0 Å². The molecule has 2 heteroatoms. The molecule has 0 aliphatic heterocycles.